The van der Waals surface area contributed by atoms with Gasteiger partial charge >= 0.3 is 0 Å². The van der Waals surface area contributed by atoms with Crippen molar-refractivity contribution in [2.24, 2.45) is 5.92 Å². The zero-order chi connectivity index (χ0) is 23.2. The molecule has 3 N–H and O–H groups in total. The van der Waals surface area contributed by atoms with Crippen molar-refractivity contribution < 1.29 is 22.0 Å². The van der Waals surface area contributed by atoms with E-state index in [2.05, 4.69) is 20.0 Å². The number of pyridine rings is 1. The topological polar surface area (TPSA) is 104 Å². The molecule has 10 heteroatoms. The lowest BCUT2D eigenvalue weighted by Crippen LogP contribution is -2.35. The Morgan fingerprint density at radius 2 is 1.91 bits per heavy atom. The van der Waals surface area contributed by atoms with Crippen LogP contribution in [0, 0.1) is 17.6 Å². The number of allylic oxidation sites excluding steroid dienone is 1. The van der Waals surface area contributed by atoms with Gasteiger partial charge in [-0.1, -0.05) is 6.08 Å². The first-order chi connectivity index (χ1) is 15.8. The largest absolute Gasteiger partial charge is 0.346 e. The number of H-pyrrole nitrogens is 1. The number of rotatable bonds is 6. The van der Waals surface area contributed by atoms with Crippen molar-refractivity contribution in [2.75, 3.05) is 5.32 Å². The second-order valence-electron chi connectivity index (χ2n) is 8.46. The van der Waals surface area contributed by atoms with Crippen molar-refractivity contribution in [1.29, 1.82) is 0 Å². The number of halogens is 2. The summed E-state index contributed by atoms with van der Waals surface area (Å²) in [5, 5.41) is 3.81. The SMILES string of the molecule is O=C(Nc1cc(C2=CCC(NS(=O)(=O)c3ccc(F)c(F)c3)CC2)c2cc[nH]c2n1)C1CC1. The minimum Gasteiger partial charge on any atom is -0.346 e. The third kappa shape index (κ3) is 4.53. The number of aromatic amines is 1. The minimum absolute atomic E-state index is 0.0244. The van der Waals surface area contributed by atoms with E-state index in [0.29, 0.717) is 36.8 Å². The van der Waals surface area contributed by atoms with Crippen molar-refractivity contribution in [1.82, 2.24) is 14.7 Å². The Morgan fingerprint density at radius 1 is 1.09 bits per heavy atom. The lowest BCUT2D eigenvalue weighted by Gasteiger charge is -2.23. The quantitative estimate of drug-likeness (QED) is 0.502. The van der Waals surface area contributed by atoms with E-state index >= 15 is 0 Å². The average Bonchev–Trinajstić information content (AvgIpc) is 3.53. The molecular weight excluding hydrogens is 450 g/mol. The van der Waals surface area contributed by atoms with Gasteiger partial charge in [0.25, 0.3) is 0 Å². The highest BCUT2D eigenvalue weighted by atomic mass is 32.2. The molecule has 33 heavy (non-hydrogen) atoms. The number of nitrogens with one attached hydrogen (secondary N) is 3. The summed E-state index contributed by atoms with van der Waals surface area (Å²) < 4.78 is 54.4. The van der Waals surface area contributed by atoms with Gasteiger partial charge in [0.05, 0.1) is 4.90 Å². The van der Waals surface area contributed by atoms with Crippen LogP contribution in [0.2, 0.25) is 0 Å². The van der Waals surface area contributed by atoms with Gasteiger partial charge in [-0.3, -0.25) is 4.79 Å². The van der Waals surface area contributed by atoms with E-state index < -0.39 is 21.7 Å². The maximum Gasteiger partial charge on any atom is 0.240 e. The van der Waals surface area contributed by atoms with Crippen LogP contribution in [0.3, 0.4) is 0 Å². The molecule has 7 nitrogen and oxygen atoms in total. The molecule has 172 valence electrons. The number of anilines is 1. The maximum absolute atomic E-state index is 13.5. The molecule has 3 aromatic rings. The van der Waals surface area contributed by atoms with Crippen molar-refractivity contribution in [3.63, 3.8) is 0 Å². The first-order valence-electron chi connectivity index (χ1n) is 10.8. The van der Waals surface area contributed by atoms with E-state index in [9.17, 15) is 22.0 Å². The molecule has 2 aromatic heterocycles. The van der Waals surface area contributed by atoms with E-state index in [4.69, 9.17) is 0 Å². The second-order valence-corrected chi connectivity index (χ2v) is 10.2. The third-order valence-electron chi connectivity index (χ3n) is 6.01. The van der Waals surface area contributed by atoms with Crippen molar-refractivity contribution in [2.45, 2.75) is 43.0 Å². The average molecular weight is 473 g/mol. The van der Waals surface area contributed by atoms with Crippen LogP contribution in [0.1, 0.15) is 37.7 Å². The molecule has 1 fully saturated rings. The van der Waals surface area contributed by atoms with E-state index in [1.54, 1.807) is 6.20 Å². The Balaban J connectivity index is 1.35. The molecular formula is C23H22F2N4O3S. The molecule has 0 saturated heterocycles. The smallest absolute Gasteiger partial charge is 0.240 e. The molecule has 2 aliphatic rings. The maximum atomic E-state index is 13.5. The number of aromatic nitrogens is 2. The van der Waals surface area contributed by atoms with Crippen LogP contribution in [-0.2, 0) is 14.8 Å². The summed E-state index contributed by atoms with van der Waals surface area (Å²) >= 11 is 0. The van der Waals surface area contributed by atoms with E-state index in [0.717, 1.165) is 41.5 Å². The van der Waals surface area contributed by atoms with Gasteiger partial charge in [0.15, 0.2) is 11.6 Å². The number of sulfonamides is 1. The van der Waals surface area contributed by atoms with Gasteiger partial charge < -0.3 is 10.3 Å². The summed E-state index contributed by atoms with van der Waals surface area (Å²) in [6.45, 7) is 0. The van der Waals surface area contributed by atoms with Gasteiger partial charge in [-0.2, -0.15) is 0 Å². The number of nitrogens with zero attached hydrogens (tertiary/aromatic N) is 1. The summed E-state index contributed by atoms with van der Waals surface area (Å²) in [7, 11) is -3.98. The van der Waals surface area contributed by atoms with E-state index in [1.807, 2.05) is 18.2 Å². The summed E-state index contributed by atoms with van der Waals surface area (Å²) in [5.41, 5.74) is 2.64. The number of hydrogen-bond donors (Lipinski definition) is 3. The molecule has 0 spiro atoms. The highest BCUT2D eigenvalue weighted by Gasteiger charge is 2.30. The van der Waals surface area contributed by atoms with Crippen molar-refractivity contribution >= 4 is 38.4 Å². The van der Waals surface area contributed by atoms with Crippen LogP contribution in [-0.4, -0.2) is 30.3 Å². The van der Waals surface area contributed by atoms with Crippen LogP contribution in [0.4, 0.5) is 14.6 Å². The van der Waals surface area contributed by atoms with Gasteiger partial charge in [0.2, 0.25) is 15.9 Å². The summed E-state index contributed by atoms with van der Waals surface area (Å²) in [6.07, 6.45) is 7.13. The molecule has 1 unspecified atom stereocenters. The highest BCUT2D eigenvalue weighted by molar-refractivity contribution is 7.89. The number of amides is 1. The Morgan fingerprint density at radius 3 is 2.61 bits per heavy atom. The number of carbonyl (C=O) groups excluding carboxylic acids is 1. The molecule has 1 amide bonds. The number of carbonyl (C=O) groups is 1. The monoisotopic (exact) mass is 472 g/mol. The van der Waals surface area contributed by atoms with Crippen LogP contribution in [0.15, 0.2) is 47.5 Å². The lowest BCUT2D eigenvalue weighted by atomic mass is 9.90. The number of fused-ring (bicyclic) bond motifs is 1. The van der Waals surface area contributed by atoms with Crippen LogP contribution in [0.5, 0.6) is 0 Å². The fourth-order valence-corrected chi connectivity index (χ4v) is 5.35. The Hall–Kier alpha value is -3.11. The summed E-state index contributed by atoms with van der Waals surface area (Å²) in [6, 6.07) is 5.93. The Bertz CT molecular complexity index is 1380. The van der Waals surface area contributed by atoms with Crippen LogP contribution < -0.4 is 10.0 Å². The van der Waals surface area contributed by atoms with Crippen molar-refractivity contribution in [3.8, 4) is 0 Å². The fraction of sp³-hybridized carbons (Fsp3) is 0.304. The zero-order valence-corrected chi connectivity index (χ0v) is 18.4. The van der Waals surface area contributed by atoms with Gasteiger partial charge in [-0.25, -0.2) is 26.9 Å². The molecule has 0 radical (unpaired) electrons. The van der Waals surface area contributed by atoms with Crippen LogP contribution >= 0.6 is 0 Å². The standard InChI is InChI=1S/C23H22F2N4O3S/c24-19-8-7-16(11-20(19)25)33(31,32)29-15-5-3-13(4-6-15)18-12-21(28-23(30)14-1-2-14)27-22-17(18)9-10-26-22/h3,7-12,14-15,29H,1-2,4-6H2,(H2,26,27,28,30). The first-order valence-corrected chi connectivity index (χ1v) is 12.2. The summed E-state index contributed by atoms with van der Waals surface area (Å²) in [5.74, 6) is -1.78. The van der Waals surface area contributed by atoms with Crippen LogP contribution in [0.25, 0.3) is 16.6 Å². The van der Waals surface area contributed by atoms with E-state index in [1.165, 1.54) is 0 Å². The molecule has 1 atom stereocenters. The molecule has 5 rings (SSSR count). The minimum atomic E-state index is -3.98. The highest BCUT2D eigenvalue weighted by Crippen LogP contribution is 2.34. The molecule has 2 aliphatic carbocycles. The normalized spacial score (nSPS) is 18.8. The van der Waals surface area contributed by atoms with Gasteiger partial charge in [-0.15, -0.1) is 0 Å². The summed E-state index contributed by atoms with van der Waals surface area (Å²) in [4.78, 5) is 19.4. The molecule has 1 saturated carbocycles. The van der Waals surface area contributed by atoms with Gasteiger partial charge in [0.1, 0.15) is 11.5 Å². The van der Waals surface area contributed by atoms with Gasteiger partial charge in [-0.05, 0) is 73.6 Å². The van der Waals surface area contributed by atoms with E-state index in [-0.39, 0.29) is 22.8 Å². The Kier molecular flexibility index (Phi) is 5.49. The predicted octanol–water partition coefficient (Wildman–Crippen LogP) is 4.10. The molecule has 0 aliphatic heterocycles. The predicted molar refractivity (Wildman–Crippen MR) is 120 cm³/mol. The number of benzene rings is 1. The number of hydrogen-bond acceptors (Lipinski definition) is 4. The molecule has 0 bridgehead atoms. The van der Waals surface area contributed by atoms with Gasteiger partial charge in [0, 0.05) is 23.5 Å². The molecule has 1 aromatic carbocycles. The third-order valence-corrected chi connectivity index (χ3v) is 7.53. The lowest BCUT2D eigenvalue weighted by molar-refractivity contribution is -0.117. The first kappa shape index (κ1) is 21.7. The fourth-order valence-electron chi connectivity index (χ4n) is 4.06. The van der Waals surface area contributed by atoms with Crippen molar-refractivity contribution in [3.05, 3.63) is 59.8 Å². The Labute approximate surface area is 189 Å². The second kappa shape index (κ2) is 8.35. The molecule has 2 heterocycles. The zero-order valence-electron chi connectivity index (χ0n) is 17.6.